The van der Waals surface area contributed by atoms with Gasteiger partial charge in [-0.05, 0) is 49.6 Å². The first-order chi connectivity index (χ1) is 10.1. The SMILES string of the molecule is Cc1ccc(Br)cc1Oc1cccc(Cl)c1CNC1CC1. The Bertz CT molecular complexity index is 655. The lowest BCUT2D eigenvalue weighted by molar-refractivity contribution is 0.469. The van der Waals surface area contributed by atoms with Crippen molar-refractivity contribution in [3.8, 4) is 11.5 Å². The van der Waals surface area contributed by atoms with Gasteiger partial charge in [-0.15, -0.1) is 0 Å². The fraction of sp³-hybridized carbons (Fsp3) is 0.294. The summed E-state index contributed by atoms with van der Waals surface area (Å²) in [6.07, 6.45) is 2.51. The quantitative estimate of drug-likeness (QED) is 0.759. The molecule has 0 heterocycles. The molecule has 1 N–H and O–H groups in total. The molecule has 1 aliphatic carbocycles. The van der Waals surface area contributed by atoms with Gasteiger partial charge in [0.25, 0.3) is 0 Å². The van der Waals surface area contributed by atoms with Gasteiger partial charge in [-0.1, -0.05) is 39.7 Å². The van der Waals surface area contributed by atoms with E-state index in [0.717, 1.165) is 38.7 Å². The summed E-state index contributed by atoms with van der Waals surface area (Å²) in [5.41, 5.74) is 2.12. The molecule has 2 aromatic rings. The Hall–Kier alpha value is -1.03. The van der Waals surface area contributed by atoms with Crippen LogP contribution in [0.25, 0.3) is 0 Å². The van der Waals surface area contributed by atoms with Crippen molar-refractivity contribution < 1.29 is 4.74 Å². The van der Waals surface area contributed by atoms with Crippen LogP contribution in [0, 0.1) is 6.92 Å². The molecule has 2 nitrogen and oxygen atoms in total. The number of hydrogen-bond donors (Lipinski definition) is 1. The summed E-state index contributed by atoms with van der Waals surface area (Å²) in [5.74, 6) is 1.66. The molecule has 2 aromatic carbocycles. The highest BCUT2D eigenvalue weighted by molar-refractivity contribution is 9.10. The summed E-state index contributed by atoms with van der Waals surface area (Å²) in [7, 11) is 0. The first kappa shape index (κ1) is 14.9. The Morgan fingerprint density at radius 2 is 2.05 bits per heavy atom. The number of hydrogen-bond acceptors (Lipinski definition) is 2. The predicted molar refractivity (Wildman–Crippen MR) is 90.3 cm³/mol. The number of ether oxygens (including phenoxy) is 1. The molecule has 21 heavy (non-hydrogen) atoms. The van der Waals surface area contributed by atoms with Crippen LogP contribution in [0.4, 0.5) is 0 Å². The fourth-order valence-electron chi connectivity index (χ4n) is 2.14. The topological polar surface area (TPSA) is 21.3 Å². The zero-order valence-electron chi connectivity index (χ0n) is 11.8. The van der Waals surface area contributed by atoms with E-state index in [4.69, 9.17) is 16.3 Å². The summed E-state index contributed by atoms with van der Waals surface area (Å²) in [6.45, 7) is 2.78. The molecule has 1 fully saturated rings. The summed E-state index contributed by atoms with van der Waals surface area (Å²) in [4.78, 5) is 0. The molecule has 110 valence electrons. The summed E-state index contributed by atoms with van der Waals surface area (Å²) < 4.78 is 7.10. The van der Waals surface area contributed by atoms with E-state index in [1.165, 1.54) is 12.8 Å². The van der Waals surface area contributed by atoms with Crippen molar-refractivity contribution in [2.75, 3.05) is 0 Å². The monoisotopic (exact) mass is 365 g/mol. The fourth-order valence-corrected chi connectivity index (χ4v) is 2.72. The lowest BCUT2D eigenvalue weighted by Crippen LogP contribution is -2.16. The molecule has 0 bridgehead atoms. The number of rotatable bonds is 5. The number of benzene rings is 2. The summed E-state index contributed by atoms with van der Waals surface area (Å²) >= 11 is 9.82. The van der Waals surface area contributed by atoms with Crippen LogP contribution in [0.1, 0.15) is 24.0 Å². The number of aryl methyl sites for hydroxylation is 1. The van der Waals surface area contributed by atoms with Gasteiger partial charge in [0.2, 0.25) is 0 Å². The number of halogens is 2. The van der Waals surface area contributed by atoms with Crippen molar-refractivity contribution in [1.82, 2.24) is 5.32 Å². The molecule has 0 aromatic heterocycles. The van der Waals surface area contributed by atoms with Crippen molar-refractivity contribution in [3.05, 3.63) is 57.0 Å². The number of nitrogens with one attached hydrogen (secondary N) is 1. The normalized spacial score (nSPS) is 14.2. The van der Waals surface area contributed by atoms with Crippen LogP contribution in [0.2, 0.25) is 5.02 Å². The lowest BCUT2D eigenvalue weighted by Gasteiger charge is -2.15. The largest absolute Gasteiger partial charge is 0.457 e. The second kappa shape index (κ2) is 6.39. The van der Waals surface area contributed by atoms with E-state index >= 15 is 0 Å². The van der Waals surface area contributed by atoms with Gasteiger partial charge in [0.1, 0.15) is 11.5 Å². The highest BCUT2D eigenvalue weighted by atomic mass is 79.9. The Kier molecular flexibility index (Phi) is 4.53. The Morgan fingerprint density at radius 1 is 1.24 bits per heavy atom. The highest BCUT2D eigenvalue weighted by Gasteiger charge is 2.21. The smallest absolute Gasteiger partial charge is 0.133 e. The van der Waals surface area contributed by atoms with E-state index in [1.807, 2.05) is 43.3 Å². The molecule has 0 aliphatic heterocycles. The van der Waals surface area contributed by atoms with Crippen LogP contribution < -0.4 is 10.1 Å². The molecule has 0 spiro atoms. The maximum Gasteiger partial charge on any atom is 0.133 e. The highest BCUT2D eigenvalue weighted by Crippen LogP contribution is 2.34. The van der Waals surface area contributed by atoms with E-state index in [0.29, 0.717) is 6.04 Å². The maximum absolute atomic E-state index is 6.34. The standard InChI is InChI=1S/C17H17BrClNO/c1-11-5-6-12(18)9-17(11)21-16-4-2-3-15(19)14(16)10-20-13-7-8-13/h2-6,9,13,20H,7-8,10H2,1H3. The van der Waals surface area contributed by atoms with Crippen LogP contribution in [-0.4, -0.2) is 6.04 Å². The van der Waals surface area contributed by atoms with Gasteiger partial charge in [0.05, 0.1) is 0 Å². The van der Waals surface area contributed by atoms with Gasteiger partial charge < -0.3 is 10.1 Å². The Balaban J connectivity index is 1.86. The van der Waals surface area contributed by atoms with Crippen LogP contribution in [0.15, 0.2) is 40.9 Å². The maximum atomic E-state index is 6.34. The molecule has 0 atom stereocenters. The molecule has 4 heteroatoms. The third-order valence-corrected chi connectivity index (χ3v) is 4.44. The van der Waals surface area contributed by atoms with E-state index in [1.54, 1.807) is 0 Å². The molecule has 1 aliphatic rings. The molecule has 0 amide bonds. The third kappa shape index (κ3) is 3.79. The Morgan fingerprint density at radius 3 is 2.81 bits per heavy atom. The first-order valence-corrected chi connectivity index (χ1v) is 8.25. The molecule has 1 saturated carbocycles. The zero-order chi connectivity index (χ0) is 14.8. The lowest BCUT2D eigenvalue weighted by atomic mass is 10.2. The summed E-state index contributed by atoms with van der Waals surface area (Å²) in [5, 5.41) is 4.24. The molecular formula is C17H17BrClNO. The second-order valence-electron chi connectivity index (χ2n) is 5.38. The van der Waals surface area contributed by atoms with Crippen molar-refractivity contribution in [3.63, 3.8) is 0 Å². The molecule has 0 radical (unpaired) electrons. The Labute approximate surface area is 138 Å². The van der Waals surface area contributed by atoms with E-state index in [-0.39, 0.29) is 0 Å². The van der Waals surface area contributed by atoms with Gasteiger partial charge in [-0.2, -0.15) is 0 Å². The van der Waals surface area contributed by atoms with Crippen LogP contribution in [-0.2, 0) is 6.54 Å². The van der Waals surface area contributed by atoms with E-state index < -0.39 is 0 Å². The van der Waals surface area contributed by atoms with E-state index in [9.17, 15) is 0 Å². The zero-order valence-corrected chi connectivity index (χ0v) is 14.2. The van der Waals surface area contributed by atoms with Crippen molar-refractivity contribution in [2.45, 2.75) is 32.4 Å². The van der Waals surface area contributed by atoms with Crippen molar-refractivity contribution in [2.24, 2.45) is 0 Å². The van der Waals surface area contributed by atoms with Gasteiger partial charge >= 0.3 is 0 Å². The van der Waals surface area contributed by atoms with Crippen LogP contribution >= 0.6 is 27.5 Å². The molecular weight excluding hydrogens is 350 g/mol. The van der Waals surface area contributed by atoms with Crippen molar-refractivity contribution >= 4 is 27.5 Å². The minimum absolute atomic E-state index is 0.640. The minimum Gasteiger partial charge on any atom is -0.457 e. The van der Waals surface area contributed by atoms with Gasteiger partial charge in [0.15, 0.2) is 0 Å². The van der Waals surface area contributed by atoms with Crippen LogP contribution in [0.3, 0.4) is 0 Å². The predicted octanol–water partition coefficient (Wildman–Crippen LogP) is 5.46. The average molecular weight is 367 g/mol. The third-order valence-electron chi connectivity index (χ3n) is 3.59. The average Bonchev–Trinajstić information content (AvgIpc) is 3.26. The first-order valence-electron chi connectivity index (χ1n) is 7.08. The minimum atomic E-state index is 0.640. The molecule has 0 saturated heterocycles. The summed E-state index contributed by atoms with van der Waals surface area (Å²) in [6, 6.07) is 12.5. The van der Waals surface area contributed by atoms with Crippen molar-refractivity contribution in [1.29, 1.82) is 0 Å². The molecule has 0 unspecified atom stereocenters. The second-order valence-corrected chi connectivity index (χ2v) is 6.71. The van der Waals surface area contributed by atoms with Crippen LogP contribution in [0.5, 0.6) is 11.5 Å². The van der Waals surface area contributed by atoms with Gasteiger partial charge in [-0.3, -0.25) is 0 Å². The van der Waals surface area contributed by atoms with Gasteiger partial charge in [-0.25, -0.2) is 0 Å². The van der Waals surface area contributed by atoms with Gasteiger partial charge in [0, 0.05) is 27.6 Å². The molecule has 3 rings (SSSR count). The van der Waals surface area contributed by atoms with E-state index in [2.05, 4.69) is 21.2 Å².